The number of hydrogen-bond donors (Lipinski definition) is 2. The van der Waals surface area contributed by atoms with Crippen LogP contribution in [0.5, 0.6) is 0 Å². The van der Waals surface area contributed by atoms with Crippen molar-refractivity contribution in [2.24, 2.45) is 0 Å². The highest BCUT2D eigenvalue weighted by Crippen LogP contribution is 2.37. The van der Waals surface area contributed by atoms with Crippen LogP contribution in [-0.4, -0.2) is 51.2 Å². The molecule has 2 N–H and O–H groups in total. The molecule has 2 aliphatic rings. The van der Waals surface area contributed by atoms with Crippen molar-refractivity contribution in [2.75, 3.05) is 18.0 Å². The third kappa shape index (κ3) is 3.82. The first-order valence-corrected chi connectivity index (χ1v) is 10.4. The number of aromatic nitrogens is 3. The lowest BCUT2D eigenvalue weighted by Crippen LogP contribution is -2.43. The lowest BCUT2D eigenvalue weighted by molar-refractivity contribution is 0.0911. The fourth-order valence-electron chi connectivity index (χ4n) is 3.75. The van der Waals surface area contributed by atoms with Gasteiger partial charge in [-0.1, -0.05) is 6.92 Å². The topological polar surface area (TPSA) is 91.2 Å². The summed E-state index contributed by atoms with van der Waals surface area (Å²) in [6.07, 6.45) is 4.76. The number of aliphatic hydroxyl groups is 1. The molecule has 1 saturated heterocycles. The second-order valence-corrected chi connectivity index (χ2v) is 8.49. The van der Waals surface area contributed by atoms with E-state index >= 15 is 0 Å². The van der Waals surface area contributed by atoms with Crippen LogP contribution in [0.3, 0.4) is 0 Å². The number of β-amino-alcohol motifs (C(OH)–C–C–N with tert-alkyl or cyclic N) is 1. The summed E-state index contributed by atoms with van der Waals surface area (Å²) in [6, 6.07) is 2.21. The molecule has 1 atom stereocenters. The minimum absolute atomic E-state index is 0.0115. The standard InChI is InChI=1S/C19H25N5O2S/c1-3-17-22-11(2)18(27-17)19(26)23-13-6-12(7-13)15-8-16(21-10-20-15)24-5-4-14(25)9-24/h8,10,12-14,25H,3-7,9H2,1-2H3,(H,23,26)/t12?,13?,14-/m0/s1. The fourth-order valence-corrected chi connectivity index (χ4v) is 4.66. The zero-order valence-corrected chi connectivity index (χ0v) is 16.5. The Hall–Kier alpha value is -2.06. The van der Waals surface area contributed by atoms with Gasteiger partial charge in [0.1, 0.15) is 17.0 Å². The Morgan fingerprint density at radius 1 is 1.41 bits per heavy atom. The maximum Gasteiger partial charge on any atom is 0.263 e. The van der Waals surface area contributed by atoms with E-state index in [1.165, 1.54) is 11.3 Å². The summed E-state index contributed by atoms with van der Waals surface area (Å²) < 4.78 is 0. The first kappa shape index (κ1) is 18.3. The molecule has 1 aliphatic carbocycles. The van der Waals surface area contributed by atoms with Gasteiger partial charge in [0.15, 0.2) is 0 Å². The lowest BCUT2D eigenvalue weighted by Gasteiger charge is -2.35. The number of amides is 1. The van der Waals surface area contributed by atoms with E-state index in [1.807, 2.05) is 13.0 Å². The number of carbonyl (C=O) groups excluding carboxylic acids is 1. The quantitative estimate of drug-likeness (QED) is 0.816. The second kappa shape index (κ2) is 7.52. The number of carbonyl (C=O) groups is 1. The number of aryl methyl sites for hydroxylation is 2. The molecule has 0 bridgehead atoms. The molecule has 8 heteroatoms. The molecule has 27 heavy (non-hydrogen) atoms. The molecule has 2 fully saturated rings. The van der Waals surface area contributed by atoms with E-state index in [1.54, 1.807) is 6.33 Å². The SMILES string of the molecule is CCc1nc(C)c(C(=O)NC2CC(c3cc(N4CC[C@H](O)C4)ncn3)C2)s1. The van der Waals surface area contributed by atoms with Crippen LogP contribution in [0, 0.1) is 6.92 Å². The molecular formula is C19H25N5O2S. The van der Waals surface area contributed by atoms with E-state index < -0.39 is 0 Å². The first-order valence-electron chi connectivity index (χ1n) is 9.55. The van der Waals surface area contributed by atoms with Gasteiger partial charge in [-0.15, -0.1) is 11.3 Å². The number of aliphatic hydroxyl groups excluding tert-OH is 1. The summed E-state index contributed by atoms with van der Waals surface area (Å²) in [5.74, 6) is 1.22. The summed E-state index contributed by atoms with van der Waals surface area (Å²) >= 11 is 1.49. The summed E-state index contributed by atoms with van der Waals surface area (Å²) in [7, 11) is 0. The maximum atomic E-state index is 12.5. The number of anilines is 1. The molecule has 1 aliphatic heterocycles. The number of rotatable bonds is 5. The minimum Gasteiger partial charge on any atom is -0.391 e. The van der Waals surface area contributed by atoms with Gasteiger partial charge < -0.3 is 15.3 Å². The van der Waals surface area contributed by atoms with E-state index in [0.717, 1.165) is 59.3 Å². The van der Waals surface area contributed by atoms with Crippen molar-refractivity contribution in [1.29, 1.82) is 0 Å². The van der Waals surface area contributed by atoms with Crippen LogP contribution in [0.15, 0.2) is 12.4 Å². The summed E-state index contributed by atoms with van der Waals surface area (Å²) in [6.45, 7) is 5.41. The van der Waals surface area contributed by atoms with Crippen LogP contribution in [0.25, 0.3) is 0 Å². The van der Waals surface area contributed by atoms with Crippen LogP contribution in [0.1, 0.15) is 58.2 Å². The smallest absolute Gasteiger partial charge is 0.263 e. The van der Waals surface area contributed by atoms with Crippen molar-refractivity contribution >= 4 is 23.1 Å². The number of nitrogens with zero attached hydrogens (tertiary/aromatic N) is 4. The molecular weight excluding hydrogens is 362 g/mol. The molecule has 1 amide bonds. The van der Waals surface area contributed by atoms with Gasteiger partial charge in [-0.3, -0.25) is 4.79 Å². The predicted molar refractivity (Wildman–Crippen MR) is 104 cm³/mol. The Morgan fingerprint density at radius 3 is 2.89 bits per heavy atom. The van der Waals surface area contributed by atoms with Gasteiger partial charge in [-0.2, -0.15) is 0 Å². The second-order valence-electron chi connectivity index (χ2n) is 7.40. The van der Waals surface area contributed by atoms with Gasteiger partial charge in [0.2, 0.25) is 0 Å². The van der Waals surface area contributed by atoms with Crippen LogP contribution in [0.4, 0.5) is 5.82 Å². The molecule has 1 saturated carbocycles. The van der Waals surface area contributed by atoms with Crippen molar-refractivity contribution in [2.45, 2.75) is 57.6 Å². The largest absolute Gasteiger partial charge is 0.391 e. The number of thiazole rings is 1. The van der Waals surface area contributed by atoms with Gasteiger partial charge in [-0.05, 0) is 32.6 Å². The normalized spacial score (nSPS) is 24.7. The Kier molecular flexibility index (Phi) is 5.10. The molecule has 2 aromatic heterocycles. The van der Waals surface area contributed by atoms with Crippen molar-refractivity contribution in [3.8, 4) is 0 Å². The van der Waals surface area contributed by atoms with Gasteiger partial charge in [0, 0.05) is 36.8 Å². The van der Waals surface area contributed by atoms with E-state index in [4.69, 9.17) is 0 Å². The number of hydrogen-bond acceptors (Lipinski definition) is 7. The molecule has 144 valence electrons. The summed E-state index contributed by atoms with van der Waals surface area (Å²) in [4.78, 5) is 28.6. The molecule has 0 spiro atoms. The predicted octanol–water partition coefficient (Wildman–Crippen LogP) is 2.05. The van der Waals surface area contributed by atoms with Gasteiger partial charge in [0.25, 0.3) is 5.91 Å². The first-order chi connectivity index (χ1) is 13.0. The van der Waals surface area contributed by atoms with Crippen molar-refractivity contribution < 1.29 is 9.90 Å². The highest BCUT2D eigenvalue weighted by Gasteiger charge is 2.34. The van der Waals surface area contributed by atoms with Gasteiger partial charge >= 0.3 is 0 Å². The monoisotopic (exact) mass is 387 g/mol. The van der Waals surface area contributed by atoms with Crippen LogP contribution in [-0.2, 0) is 6.42 Å². The molecule has 7 nitrogen and oxygen atoms in total. The van der Waals surface area contributed by atoms with Crippen LogP contribution in [0.2, 0.25) is 0 Å². The third-order valence-corrected chi connectivity index (χ3v) is 6.70. The fraction of sp³-hybridized carbons (Fsp3) is 0.579. The maximum absolute atomic E-state index is 12.5. The molecule has 2 aromatic rings. The summed E-state index contributed by atoms with van der Waals surface area (Å²) in [5.41, 5.74) is 1.84. The molecule has 0 radical (unpaired) electrons. The van der Waals surface area contributed by atoms with Crippen molar-refractivity contribution in [1.82, 2.24) is 20.3 Å². The minimum atomic E-state index is -0.268. The van der Waals surface area contributed by atoms with Crippen LogP contribution >= 0.6 is 11.3 Å². The van der Waals surface area contributed by atoms with Crippen molar-refractivity contribution in [3.05, 3.63) is 33.7 Å². The average Bonchev–Trinajstić information content (AvgIpc) is 3.23. The zero-order valence-electron chi connectivity index (χ0n) is 15.7. The van der Waals surface area contributed by atoms with E-state index in [9.17, 15) is 9.90 Å². The van der Waals surface area contributed by atoms with E-state index in [2.05, 4.69) is 32.1 Å². The highest BCUT2D eigenvalue weighted by molar-refractivity contribution is 7.13. The molecule has 4 rings (SSSR count). The van der Waals surface area contributed by atoms with Crippen molar-refractivity contribution in [3.63, 3.8) is 0 Å². The Morgan fingerprint density at radius 2 is 2.22 bits per heavy atom. The van der Waals surface area contributed by atoms with E-state index in [-0.39, 0.29) is 18.1 Å². The molecule has 0 unspecified atom stereocenters. The number of nitrogens with one attached hydrogen (secondary N) is 1. The highest BCUT2D eigenvalue weighted by atomic mass is 32.1. The Bertz CT molecular complexity index is 833. The average molecular weight is 388 g/mol. The summed E-state index contributed by atoms with van der Waals surface area (Å²) in [5, 5.41) is 13.9. The van der Waals surface area contributed by atoms with Gasteiger partial charge in [0.05, 0.1) is 16.8 Å². The van der Waals surface area contributed by atoms with Gasteiger partial charge in [-0.25, -0.2) is 15.0 Å². The molecule has 3 heterocycles. The van der Waals surface area contributed by atoms with E-state index in [0.29, 0.717) is 12.5 Å². The molecule has 0 aromatic carbocycles. The third-order valence-electron chi connectivity index (χ3n) is 5.40. The zero-order chi connectivity index (χ0) is 19.0. The van der Waals surface area contributed by atoms with Crippen LogP contribution < -0.4 is 10.2 Å². The lowest BCUT2D eigenvalue weighted by atomic mass is 9.78. The Labute approximate surface area is 162 Å². The Balaban J connectivity index is 1.34.